The molecule has 2 rings (SSSR count). The van der Waals surface area contributed by atoms with Gasteiger partial charge in [0.25, 0.3) is 0 Å². The Bertz CT molecular complexity index is 1020. The van der Waals surface area contributed by atoms with Crippen molar-refractivity contribution in [3.8, 4) is 23.6 Å². The number of hydrogen-bond acceptors (Lipinski definition) is 3. The van der Waals surface area contributed by atoms with Crippen LogP contribution in [0, 0.1) is 22.7 Å². The highest BCUT2D eigenvalue weighted by Gasteiger charge is 2.27. The predicted molar refractivity (Wildman–Crippen MR) is 115 cm³/mol. The zero-order valence-corrected chi connectivity index (χ0v) is 18.9. The molecule has 0 unspecified atom stereocenters. The topological polar surface area (TPSA) is 56.8 Å². The first-order valence-corrected chi connectivity index (χ1v) is 9.79. The third kappa shape index (κ3) is 4.23. The zero-order valence-electron chi connectivity index (χ0n) is 16.7. The molecule has 0 aliphatic rings. The molecule has 0 spiro atoms. The van der Waals surface area contributed by atoms with Gasteiger partial charge < -0.3 is 4.74 Å². The number of hydrogen-bond donors (Lipinski definition) is 0. The summed E-state index contributed by atoms with van der Waals surface area (Å²) in [6.07, 6.45) is 0. The van der Waals surface area contributed by atoms with E-state index in [0.29, 0.717) is 5.75 Å². The van der Waals surface area contributed by atoms with Gasteiger partial charge in [-0.05, 0) is 22.5 Å². The molecule has 0 saturated heterocycles. The van der Waals surface area contributed by atoms with Crippen molar-refractivity contribution in [2.45, 2.75) is 52.4 Å². The highest BCUT2D eigenvalue weighted by Crippen LogP contribution is 2.47. The van der Waals surface area contributed by atoms with Crippen LogP contribution in [0.1, 0.15) is 63.8 Å². The number of ether oxygens (including phenoxy) is 1. The minimum Gasteiger partial charge on any atom is -0.454 e. The summed E-state index contributed by atoms with van der Waals surface area (Å²) in [5, 5.41) is 18.6. The van der Waals surface area contributed by atoms with Gasteiger partial charge in [0.05, 0.1) is 16.1 Å². The maximum atomic E-state index is 9.40. The van der Waals surface area contributed by atoms with Crippen molar-refractivity contribution in [1.82, 2.24) is 0 Å². The number of halogens is 3. The molecule has 2 aromatic rings. The predicted octanol–water partition coefficient (Wildman–Crippen LogP) is 7.78. The molecule has 0 aromatic heterocycles. The van der Waals surface area contributed by atoms with Crippen LogP contribution in [0.15, 0.2) is 18.2 Å². The van der Waals surface area contributed by atoms with E-state index in [1.54, 1.807) is 0 Å². The van der Waals surface area contributed by atoms with Crippen LogP contribution >= 0.6 is 34.8 Å². The van der Waals surface area contributed by atoms with E-state index in [9.17, 15) is 10.5 Å². The van der Waals surface area contributed by atoms with E-state index in [4.69, 9.17) is 39.5 Å². The van der Waals surface area contributed by atoms with Crippen LogP contribution in [0.2, 0.25) is 15.1 Å². The van der Waals surface area contributed by atoms with Gasteiger partial charge in [0.15, 0.2) is 5.75 Å². The van der Waals surface area contributed by atoms with Gasteiger partial charge in [-0.2, -0.15) is 10.5 Å². The van der Waals surface area contributed by atoms with Crippen molar-refractivity contribution in [2.75, 3.05) is 0 Å². The molecule has 0 N–H and O–H groups in total. The average molecular weight is 436 g/mol. The van der Waals surface area contributed by atoms with Crippen LogP contribution in [0.3, 0.4) is 0 Å². The summed E-state index contributed by atoms with van der Waals surface area (Å²) in [5.74, 6) is 0.631. The molecule has 0 aliphatic carbocycles. The maximum absolute atomic E-state index is 9.40. The van der Waals surface area contributed by atoms with Crippen molar-refractivity contribution < 1.29 is 4.74 Å². The van der Waals surface area contributed by atoms with E-state index < -0.39 is 0 Å². The summed E-state index contributed by atoms with van der Waals surface area (Å²) >= 11 is 18.9. The fourth-order valence-corrected chi connectivity index (χ4v) is 3.49. The Morgan fingerprint density at radius 1 is 0.786 bits per heavy atom. The van der Waals surface area contributed by atoms with E-state index >= 15 is 0 Å². The monoisotopic (exact) mass is 434 g/mol. The third-order valence-corrected chi connectivity index (χ3v) is 5.57. The highest BCUT2D eigenvalue weighted by molar-refractivity contribution is 6.46. The third-order valence-electron chi connectivity index (χ3n) is 4.37. The largest absolute Gasteiger partial charge is 0.454 e. The average Bonchev–Trinajstić information content (AvgIpc) is 2.59. The lowest BCUT2D eigenvalue weighted by Crippen LogP contribution is -2.17. The molecule has 0 amide bonds. The number of rotatable bonds is 2. The molecule has 6 heteroatoms. The van der Waals surface area contributed by atoms with Crippen LogP contribution in [0.5, 0.6) is 11.5 Å². The standard InChI is InChI=1S/C22H21Cl3N2O/c1-21(2,3)12-7-8-16(15(9-12)22(4,5)6)28-20-18(24)14(11-27)13(10-26)17(23)19(20)25/h7-9H,1-6H3. The Kier molecular flexibility index (Phi) is 6.27. The Labute approximate surface area is 181 Å². The van der Waals surface area contributed by atoms with Crippen LogP contribution in [-0.4, -0.2) is 0 Å². The van der Waals surface area contributed by atoms with Crippen LogP contribution in [-0.2, 0) is 10.8 Å². The smallest absolute Gasteiger partial charge is 0.167 e. The van der Waals surface area contributed by atoms with Crippen LogP contribution < -0.4 is 4.74 Å². The number of benzene rings is 2. The molecule has 0 fully saturated rings. The highest BCUT2D eigenvalue weighted by atomic mass is 35.5. The van der Waals surface area contributed by atoms with E-state index in [2.05, 4.69) is 47.6 Å². The summed E-state index contributed by atoms with van der Waals surface area (Å²) in [7, 11) is 0. The lowest BCUT2D eigenvalue weighted by Gasteiger charge is -2.27. The van der Waals surface area contributed by atoms with Crippen molar-refractivity contribution in [1.29, 1.82) is 10.5 Å². The van der Waals surface area contributed by atoms with Gasteiger partial charge in [-0.3, -0.25) is 0 Å². The Hall–Kier alpha value is -1.91. The fraction of sp³-hybridized carbons (Fsp3) is 0.364. The molecular weight excluding hydrogens is 415 g/mol. The Balaban J connectivity index is 2.72. The normalized spacial score (nSPS) is 11.7. The van der Waals surface area contributed by atoms with Gasteiger partial charge in [0.1, 0.15) is 27.9 Å². The Morgan fingerprint density at radius 3 is 1.79 bits per heavy atom. The lowest BCUT2D eigenvalue weighted by atomic mass is 9.80. The van der Waals surface area contributed by atoms with Gasteiger partial charge in [-0.25, -0.2) is 0 Å². The first kappa shape index (κ1) is 22.4. The van der Waals surface area contributed by atoms with Gasteiger partial charge >= 0.3 is 0 Å². The first-order chi connectivity index (χ1) is 12.8. The van der Waals surface area contributed by atoms with Gasteiger partial charge in [-0.15, -0.1) is 0 Å². The SMILES string of the molecule is CC(C)(C)c1ccc(Oc2c(Cl)c(Cl)c(C#N)c(C#N)c2Cl)c(C(C)(C)C)c1. The lowest BCUT2D eigenvalue weighted by molar-refractivity contribution is 0.453. The van der Waals surface area contributed by atoms with E-state index in [0.717, 1.165) is 11.1 Å². The molecule has 0 bridgehead atoms. The summed E-state index contributed by atoms with van der Waals surface area (Å²) in [4.78, 5) is 0. The number of nitrogens with zero attached hydrogens (tertiary/aromatic N) is 2. The minimum absolute atomic E-state index is 0.00183. The maximum Gasteiger partial charge on any atom is 0.167 e. The summed E-state index contributed by atoms with van der Waals surface area (Å²) in [6, 6.07) is 9.73. The second kappa shape index (κ2) is 7.84. The van der Waals surface area contributed by atoms with E-state index in [1.807, 2.05) is 24.3 Å². The molecule has 0 aliphatic heterocycles. The van der Waals surface area contributed by atoms with Crippen LogP contribution in [0.4, 0.5) is 0 Å². The van der Waals surface area contributed by atoms with Crippen molar-refractivity contribution in [2.24, 2.45) is 0 Å². The van der Waals surface area contributed by atoms with Gasteiger partial charge in [0, 0.05) is 5.56 Å². The fourth-order valence-electron chi connectivity index (χ4n) is 2.72. The Morgan fingerprint density at radius 2 is 1.32 bits per heavy atom. The molecular formula is C22H21Cl3N2O. The molecule has 0 radical (unpaired) electrons. The van der Waals surface area contributed by atoms with Crippen LogP contribution in [0.25, 0.3) is 0 Å². The zero-order chi connectivity index (χ0) is 21.4. The summed E-state index contributed by atoms with van der Waals surface area (Å²) < 4.78 is 6.08. The quantitative estimate of drug-likeness (QED) is 0.452. The van der Waals surface area contributed by atoms with E-state index in [1.165, 1.54) is 0 Å². The number of nitriles is 2. The summed E-state index contributed by atoms with van der Waals surface area (Å²) in [6.45, 7) is 12.7. The van der Waals surface area contributed by atoms with Crippen molar-refractivity contribution >= 4 is 34.8 Å². The first-order valence-electron chi connectivity index (χ1n) is 8.66. The second-order valence-electron chi connectivity index (χ2n) is 8.56. The molecule has 0 atom stereocenters. The summed E-state index contributed by atoms with van der Waals surface area (Å²) in [5.41, 5.74) is 1.76. The molecule has 28 heavy (non-hydrogen) atoms. The molecule has 0 saturated carbocycles. The molecule has 146 valence electrons. The van der Waals surface area contributed by atoms with Gasteiger partial charge in [0.2, 0.25) is 0 Å². The van der Waals surface area contributed by atoms with Crippen molar-refractivity contribution in [3.63, 3.8) is 0 Å². The van der Waals surface area contributed by atoms with Crippen molar-refractivity contribution in [3.05, 3.63) is 55.5 Å². The van der Waals surface area contributed by atoms with Gasteiger partial charge in [-0.1, -0.05) is 88.5 Å². The molecule has 2 aromatic carbocycles. The minimum atomic E-state index is -0.218. The second-order valence-corrected chi connectivity index (χ2v) is 9.69. The van der Waals surface area contributed by atoms with E-state index in [-0.39, 0.29) is 42.8 Å². The molecule has 3 nitrogen and oxygen atoms in total. The molecule has 0 heterocycles.